The minimum Gasteiger partial charge on any atom is -0.748 e. The third-order valence-electron chi connectivity index (χ3n) is 0.506. The fourth-order valence-corrected chi connectivity index (χ4v) is 0.851. The summed E-state index contributed by atoms with van der Waals surface area (Å²) in [6.45, 7) is 0.0787. The van der Waals surface area contributed by atoms with Crippen LogP contribution in [0.5, 0.6) is 0 Å². The van der Waals surface area contributed by atoms with Crippen molar-refractivity contribution in [3.8, 4) is 0 Å². The van der Waals surface area contributed by atoms with Crippen LogP contribution in [0.15, 0.2) is 0 Å². The van der Waals surface area contributed by atoms with Crippen LogP contribution in [-0.2, 0) is 24.4 Å². The maximum atomic E-state index is 10.1. The molecule has 0 aliphatic rings. The van der Waals surface area contributed by atoms with Crippen molar-refractivity contribution in [2.24, 2.45) is 0 Å². The molecule has 0 rings (SSSR count). The van der Waals surface area contributed by atoms with Crippen LogP contribution < -0.4 is 29.6 Å². The SMILES string of the molecule is O=S([O-])(=S)OCCCCl.[Na+]. The van der Waals surface area contributed by atoms with E-state index >= 15 is 0 Å². The van der Waals surface area contributed by atoms with Crippen LogP contribution in [-0.4, -0.2) is 21.2 Å². The van der Waals surface area contributed by atoms with E-state index in [0.717, 1.165) is 0 Å². The zero-order valence-corrected chi connectivity index (χ0v) is 9.93. The molecule has 0 aliphatic heterocycles. The molecule has 1 unspecified atom stereocenters. The van der Waals surface area contributed by atoms with Gasteiger partial charge >= 0.3 is 29.6 Å². The van der Waals surface area contributed by atoms with Gasteiger partial charge in [0.1, 0.15) is 0 Å². The molecule has 0 spiro atoms. The zero-order valence-electron chi connectivity index (χ0n) is 5.54. The molecule has 3 nitrogen and oxygen atoms in total. The van der Waals surface area contributed by atoms with Gasteiger partial charge in [0, 0.05) is 5.88 Å². The summed E-state index contributed by atoms with van der Waals surface area (Å²) in [4.78, 5) is 0. The van der Waals surface area contributed by atoms with Crippen LogP contribution in [0.25, 0.3) is 0 Å². The Morgan fingerprint density at radius 2 is 2.20 bits per heavy atom. The van der Waals surface area contributed by atoms with Crippen molar-refractivity contribution in [2.45, 2.75) is 6.42 Å². The van der Waals surface area contributed by atoms with E-state index < -0.39 is 9.05 Å². The second kappa shape index (κ2) is 7.24. The average molecular weight is 213 g/mol. The third-order valence-corrected chi connectivity index (χ3v) is 1.52. The predicted octanol–water partition coefficient (Wildman–Crippen LogP) is -2.57. The molecule has 0 bridgehead atoms. The molecule has 0 aromatic carbocycles. The first-order valence-corrected chi connectivity index (χ1v) is 5.09. The van der Waals surface area contributed by atoms with E-state index in [9.17, 15) is 8.76 Å². The fraction of sp³-hybridized carbons (Fsp3) is 1.00. The van der Waals surface area contributed by atoms with Crippen molar-refractivity contribution in [3.05, 3.63) is 0 Å². The molecular formula is C3H6ClNaO3S2. The minimum absolute atomic E-state index is 0. The third kappa shape index (κ3) is 12.3. The van der Waals surface area contributed by atoms with Crippen molar-refractivity contribution in [2.75, 3.05) is 12.5 Å². The van der Waals surface area contributed by atoms with E-state index in [1.54, 1.807) is 0 Å². The largest absolute Gasteiger partial charge is 1.00 e. The second-order valence-corrected chi connectivity index (χ2v) is 3.93. The summed E-state index contributed by atoms with van der Waals surface area (Å²) < 4.78 is 24.3. The maximum Gasteiger partial charge on any atom is 1.00 e. The molecular weight excluding hydrogens is 207 g/mol. The number of alkyl halides is 1. The van der Waals surface area contributed by atoms with Gasteiger partial charge in [-0.15, -0.1) is 11.6 Å². The minimum atomic E-state index is -3.67. The van der Waals surface area contributed by atoms with Gasteiger partial charge < -0.3 is 4.55 Å². The average Bonchev–Trinajstić information content (AvgIpc) is 1.63. The van der Waals surface area contributed by atoms with Crippen LogP contribution >= 0.6 is 11.6 Å². The Bertz CT molecular complexity index is 157. The first-order chi connectivity index (χ1) is 4.06. The maximum absolute atomic E-state index is 10.1. The van der Waals surface area contributed by atoms with Crippen LogP contribution in [0.4, 0.5) is 0 Å². The van der Waals surface area contributed by atoms with E-state index in [2.05, 4.69) is 15.4 Å². The summed E-state index contributed by atoms with van der Waals surface area (Å²) in [5.41, 5.74) is 0. The van der Waals surface area contributed by atoms with E-state index in [4.69, 9.17) is 11.6 Å². The summed E-state index contributed by atoms with van der Waals surface area (Å²) in [5.74, 6) is 0.380. The van der Waals surface area contributed by atoms with E-state index in [0.29, 0.717) is 12.3 Å². The topological polar surface area (TPSA) is 49.4 Å². The summed E-state index contributed by atoms with van der Waals surface area (Å²) in [7, 11) is -3.67. The van der Waals surface area contributed by atoms with E-state index in [-0.39, 0.29) is 36.2 Å². The molecule has 0 amide bonds. The number of halogens is 1. The second-order valence-electron chi connectivity index (χ2n) is 1.27. The van der Waals surface area contributed by atoms with E-state index in [1.165, 1.54) is 0 Å². The van der Waals surface area contributed by atoms with Crippen molar-refractivity contribution >= 4 is 31.8 Å². The van der Waals surface area contributed by atoms with Gasteiger partial charge in [0.25, 0.3) is 0 Å². The van der Waals surface area contributed by atoms with Crippen LogP contribution in [0.3, 0.4) is 0 Å². The van der Waals surface area contributed by atoms with Gasteiger partial charge in [0.2, 0.25) is 0 Å². The molecule has 0 radical (unpaired) electrons. The molecule has 1 atom stereocenters. The summed E-state index contributed by atoms with van der Waals surface area (Å²) >= 11 is 9.13. The number of hydrogen-bond acceptors (Lipinski definition) is 4. The van der Waals surface area contributed by atoms with Crippen molar-refractivity contribution in [1.29, 1.82) is 0 Å². The molecule has 0 heterocycles. The molecule has 0 N–H and O–H groups in total. The number of rotatable bonds is 4. The summed E-state index contributed by atoms with van der Waals surface area (Å²) in [5, 5.41) is 0. The first kappa shape index (κ1) is 14.1. The zero-order chi connectivity index (χ0) is 7.33. The Labute approximate surface area is 92.5 Å². The van der Waals surface area contributed by atoms with Gasteiger partial charge in [-0.1, -0.05) is 0 Å². The van der Waals surface area contributed by atoms with Crippen LogP contribution in [0.2, 0.25) is 0 Å². The first-order valence-electron chi connectivity index (χ1n) is 2.22. The summed E-state index contributed by atoms with van der Waals surface area (Å²) in [6.07, 6.45) is 0.497. The Morgan fingerprint density at radius 3 is 2.50 bits per heavy atom. The molecule has 0 saturated carbocycles. The fourth-order valence-electron chi connectivity index (χ4n) is 0.216. The normalized spacial score (nSPS) is 15.4. The van der Waals surface area contributed by atoms with Gasteiger partial charge in [-0.25, -0.2) is 4.21 Å². The van der Waals surface area contributed by atoms with Gasteiger partial charge in [-0.2, -0.15) is 0 Å². The Hall–Kier alpha value is 1.58. The molecule has 56 valence electrons. The van der Waals surface area contributed by atoms with Crippen molar-refractivity contribution < 1.29 is 42.5 Å². The molecule has 0 aromatic heterocycles. The van der Waals surface area contributed by atoms with Gasteiger partial charge in [-0.05, 0) is 17.6 Å². The molecule has 0 aliphatic carbocycles. The van der Waals surface area contributed by atoms with Crippen LogP contribution in [0, 0.1) is 0 Å². The van der Waals surface area contributed by atoms with Crippen molar-refractivity contribution in [1.82, 2.24) is 0 Å². The molecule has 0 aromatic rings. The van der Waals surface area contributed by atoms with Gasteiger partial charge in [0.15, 0.2) is 0 Å². The Balaban J connectivity index is 0. The van der Waals surface area contributed by atoms with Gasteiger partial charge in [-0.3, -0.25) is 4.18 Å². The predicted molar refractivity (Wildman–Crippen MR) is 37.6 cm³/mol. The quantitative estimate of drug-likeness (QED) is 0.292. The van der Waals surface area contributed by atoms with Crippen molar-refractivity contribution in [3.63, 3.8) is 0 Å². The molecule has 0 saturated heterocycles. The Kier molecular flexibility index (Phi) is 10.2. The van der Waals surface area contributed by atoms with E-state index in [1.807, 2.05) is 0 Å². The monoisotopic (exact) mass is 212 g/mol. The Morgan fingerprint density at radius 1 is 1.70 bits per heavy atom. The molecule has 0 fully saturated rings. The molecule has 7 heteroatoms. The van der Waals surface area contributed by atoms with Gasteiger partial charge in [0.05, 0.1) is 15.7 Å². The summed E-state index contributed by atoms with van der Waals surface area (Å²) in [6, 6.07) is 0. The standard InChI is InChI=1S/C3H7ClO3S2.Na/c4-2-1-3-7-9(5,6)8;/h1-3H2,(H,5,6,8);/q;+1/p-1. The van der Waals surface area contributed by atoms with Crippen LogP contribution in [0.1, 0.15) is 6.42 Å². The number of hydrogen-bond donors (Lipinski definition) is 0. The smallest absolute Gasteiger partial charge is 0.748 e. The molecule has 10 heavy (non-hydrogen) atoms.